The molecular formula is C16H32IN3O. The van der Waals surface area contributed by atoms with Gasteiger partial charge in [-0.1, -0.05) is 27.2 Å². The SMILES string of the molecule is CN=C(NCC(OC)C(C)(C)C)N1CCC2(CCC2)C1.I. The van der Waals surface area contributed by atoms with E-state index in [4.69, 9.17) is 4.74 Å². The number of guanidine groups is 1. The minimum atomic E-state index is 0. The fourth-order valence-corrected chi connectivity index (χ4v) is 3.46. The summed E-state index contributed by atoms with van der Waals surface area (Å²) in [4.78, 5) is 6.88. The zero-order chi connectivity index (χ0) is 14.8. The average Bonchev–Trinajstić information content (AvgIpc) is 2.78. The lowest BCUT2D eigenvalue weighted by Crippen LogP contribution is -2.47. The zero-order valence-electron chi connectivity index (χ0n) is 14.2. The van der Waals surface area contributed by atoms with Crippen LogP contribution in [0.4, 0.5) is 0 Å². The molecule has 1 unspecified atom stereocenters. The van der Waals surface area contributed by atoms with E-state index in [0.717, 1.165) is 19.0 Å². The molecule has 0 radical (unpaired) electrons. The number of aliphatic imine (C=N–C) groups is 1. The van der Waals surface area contributed by atoms with Gasteiger partial charge >= 0.3 is 0 Å². The molecular weight excluding hydrogens is 377 g/mol. The standard InChI is InChI=1S/C16H31N3O.HI/c1-15(2,3)13(20-5)11-18-14(17-4)19-10-9-16(12-19)7-6-8-16;/h13H,6-12H2,1-5H3,(H,17,18);1H. The molecule has 1 saturated carbocycles. The minimum Gasteiger partial charge on any atom is -0.379 e. The quantitative estimate of drug-likeness (QED) is 0.442. The highest BCUT2D eigenvalue weighted by molar-refractivity contribution is 14.0. The van der Waals surface area contributed by atoms with Crippen molar-refractivity contribution in [2.24, 2.45) is 15.8 Å². The summed E-state index contributed by atoms with van der Waals surface area (Å²) in [7, 11) is 3.67. The lowest BCUT2D eigenvalue weighted by atomic mass is 9.68. The van der Waals surface area contributed by atoms with Gasteiger partial charge in [0.15, 0.2) is 5.96 Å². The number of likely N-dealkylation sites (tertiary alicyclic amines) is 1. The summed E-state index contributed by atoms with van der Waals surface area (Å²) < 4.78 is 5.61. The van der Waals surface area contributed by atoms with Crippen molar-refractivity contribution in [2.45, 2.75) is 52.6 Å². The van der Waals surface area contributed by atoms with Crippen molar-refractivity contribution in [1.29, 1.82) is 0 Å². The van der Waals surface area contributed by atoms with Crippen LogP contribution in [0, 0.1) is 10.8 Å². The van der Waals surface area contributed by atoms with Gasteiger partial charge < -0.3 is 15.0 Å². The van der Waals surface area contributed by atoms with E-state index in [9.17, 15) is 0 Å². The smallest absolute Gasteiger partial charge is 0.193 e. The Morgan fingerprint density at radius 2 is 2.00 bits per heavy atom. The van der Waals surface area contributed by atoms with E-state index in [0.29, 0.717) is 5.41 Å². The second-order valence-corrected chi connectivity index (χ2v) is 7.54. The molecule has 124 valence electrons. The highest BCUT2D eigenvalue weighted by Gasteiger charge is 2.43. The Morgan fingerprint density at radius 1 is 1.33 bits per heavy atom. The first-order valence-electron chi connectivity index (χ1n) is 7.89. The predicted octanol–water partition coefficient (Wildman–Crippen LogP) is 3.12. The van der Waals surface area contributed by atoms with Crippen LogP contribution in [0.1, 0.15) is 46.5 Å². The Morgan fingerprint density at radius 3 is 2.38 bits per heavy atom. The number of ether oxygens (including phenoxy) is 1. The molecule has 0 aromatic heterocycles. The van der Waals surface area contributed by atoms with Crippen LogP contribution in [-0.4, -0.2) is 50.8 Å². The van der Waals surface area contributed by atoms with Crippen LogP contribution in [0.25, 0.3) is 0 Å². The zero-order valence-corrected chi connectivity index (χ0v) is 16.6. The summed E-state index contributed by atoms with van der Waals surface area (Å²) in [5, 5.41) is 3.51. The number of methoxy groups -OCH3 is 1. The van der Waals surface area contributed by atoms with E-state index in [-0.39, 0.29) is 35.5 Å². The van der Waals surface area contributed by atoms with Crippen molar-refractivity contribution in [2.75, 3.05) is 33.8 Å². The lowest BCUT2D eigenvalue weighted by molar-refractivity contribution is 0.0201. The highest BCUT2D eigenvalue weighted by atomic mass is 127. The molecule has 5 heteroatoms. The van der Waals surface area contributed by atoms with Gasteiger partial charge in [0.05, 0.1) is 6.10 Å². The van der Waals surface area contributed by atoms with Crippen LogP contribution in [0.3, 0.4) is 0 Å². The number of rotatable bonds is 3. The molecule has 0 aromatic rings. The van der Waals surface area contributed by atoms with E-state index in [1.165, 1.54) is 32.2 Å². The number of hydrogen-bond acceptors (Lipinski definition) is 2. The van der Waals surface area contributed by atoms with E-state index in [1.807, 2.05) is 7.05 Å². The molecule has 1 heterocycles. The topological polar surface area (TPSA) is 36.9 Å². The summed E-state index contributed by atoms with van der Waals surface area (Å²) in [5.41, 5.74) is 0.753. The van der Waals surface area contributed by atoms with Crippen LogP contribution in [0.15, 0.2) is 4.99 Å². The van der Waals surface area contributed by atoms with Gasteiger partial charge in [0, 0.05) is 33.8 Å². The van der Waals surface area contributed by atoms with Gasteiger partial charge in [-0.05, 0) is 30.1 Å². The van der Waals surface area contributed by atoms with E-state index < -0.39 is 0 Å². The molecule has 1 N–H and O–H groups in total. The third kappa shape index (κ3) is 4.47. The Balaban J connectivity index is 0.00000220. The molecule has 2 rings (SSSR count). The monoisotopic (exact) mass is 409 g/mol. The molecule has 21 heavy (non-hydrogen) atoms. The second kappa shape index (κ2) is 7.49. The average molecular weight is 409 g/mol. The first-order chi connectivity index (χ1) is 9.40. The maximum atomic E-state index is 5.61. The van der Waals surface area contributed by atoms with Crippen LogP contribution in [0.2, 0.25) is 0 Å². The Hall–Kier alpha value is -0.0400. The van der Waals surface area contributed by atoms with Crippen molar-refractivity contribution >= 4 is 29.9 Å². The molecule has 4 nitrogen and oxygen atoms in total. The lowest BCUT2D eigenvalue weighted by Gasteiger charge is -2.38. The summed E-state index contributed by atoms with van der Waals surface area (Å²) in [6.45, 7) is 9.78. The van der Waals surface area contributed by atoms with Crippen molar-refractivity contribution in [3.05, 3.63) is 0 Å². The molecule has 1 aliphatic carbocycles. The molecule has 1 saturated heterocycles. The van der Waals surface area contributed by atoms with Crippen molar-refractivity contribution in [3.8, 4) is 0 Å². The maximum absolute atomic E-state index is 5.61. The van der Waals surface area contributed by atoms with Gasteiger partial charge in [0.25, 0.3) is 0 Å². The molecule has 0 aromatic carbocycles. The number of nitrogens with one attached hydrogen (secondary N) is 1. The van der Waals surface area contributed by atoms with Crippen LogP contribution in [-0.2, 0) is 4.74 Å². The van der Waals surface area contributed by atoms with Crippen LogP contribution >= 0.6 is 24.0 Å². The van der Waals surface area contributed by atoms with Crippen molar-refractivity contribution in [1.82, 2.24) is 10.2 Å². The molecule has 0 bridgehead atoms. The summed E-state index contributed by atoms with van der Waals surface area (Å²) in [5.74, 6) is 1.04. The van der Waals surface area contributed by atoms with Gasteiger partial charge in [-0.25, -0.2) is 0 Å². The molecule has 1 atom stereocenters. The van der Waals surface area contributed by atoms with Crippen LogP contribution in [0.5, 0.6) is 0 Å². The summed E-state index contributed by atoms with van der Waals surface area (Å²) in [6, 6.07) is 0. The Kier molecular flexibility index (Phi) is 6.78. The second-order valence-electron chi connectivity index (χ2n) is 7.54. The van der Waals surface area contributed by atoms with Crippen molar-refractivity contribution < 1.29 is 4.74 Å². The molecule has 2 aliphatic rings. The molecule has 0 amide bonds. The van der Waals surface area contributed by atoms with E-state index in [1.54, 1.807) is 7.11 Å². The van der Waals surface area contributed by atoms with Gasteiger partial charge in [0.2, 0.25) is 0 Å². The third-order valence-electron chi connectivity index (χ3n) is 5.06. The van der Waals surface area contributed by atoms with E-state index in [2.05, 4.69) is 36.0 Å². The number of halogens is 1. The largest absolute Gasteiger partial charge is 0.379 e. The van der Waals surface area contributed by atoms with Gasteiger partial charge in [-0.2, -0.15) is 0 Å². The molecule has 1 aliphatic heterocycles. The number of nitrogens with zero attached hydrogens (tertiary/aromatic N) is 2. The number of hydrogen-bond donors (Lipinski definition) is 1. The van der Waals surface area contributed by atoms with Crippen molar-refractivity contribution in [3.63, 3.8) is 0 Å². The van der Waals surface area contributed by atoms with Gasteiger partial charge in [-0.15, -0.1) is 24.0 Å². The molecule has 2 fully saturated rings. The van der Waals surface area contributed by atoms with E-state index >= 15 is 0 Å². The third-order valence-corrected chi connectivity index (χ3v) is 5.06. The minimum absolute atomic E-state index is 0. The first-order valence-corrected chi connectivity index (χ1v) is 7.89. The van der Waals surface area contributed by atoms with Gasteiger partial charge in [0.1, 0.15) is 0 Å². The highest BCUT2D eigenvalue weighted by Crippen LogP contribution is 2.47. The van der Waals surface area contributed by atoms with Gasteiger partial charge in [-0.3, -0.25) is 4.99 Å². The summed E-state index contributed by atoms with van der Waals surface area (Å²) >= 11 is 0. The predicted molar refractivity (Wildman–Crippen MR) is 99.5 cm³/mol. The first kappa shape index (κ1) is 19.0. The summed E-state index contributed by atoms with van der Waals surface area (Å²) in [6.07, 6.45) is 5.75. The normalized spacial score (nSPS) is 22.7. The fraction of sp³-hybridized carbons (Fsp3) is 0.938. The fourth-order valence-electron chi connectivity index (χ4n) is 3.46. The Bertz CT molecular complexity index is 361. The Labute approximate surface area is 147 Å². The van der Waals surface area contributed by atoms with Crippen LogP contribution < -0.4 is 5.32 Å². The molecule has 1 spiro atoms. The maximum Gasteiger partial charge on any atom is 0.193 e.